The third-order valence-corrected chi connectivity index (χ3v) is 4.08. The molecular formula is C12H19N5O2S. The van der Waals surface area contributed by atoms with Crippen molar-refractivity contribution < 1.29 is 9.59 Å². The van der Waals surface area contributed by atoms with Crippen LogP contribution < -0.4 is 10.6 Å². The smallest absolute Gasteiger partial charge is 0.323 e. The second-order valence-electron chi connectivity index (χ2n) is 4.77. The molecule has 1 unspecified atom stereocenters. The molecule has 0 aromatic carbocycles. The van der Waals surface area contributed by atoms with Crippen LogP contribution in [0, 0.1) is 0 Å². The molecule has 1 saturated heterocycles. The van der Waals surface area contributed by atoms with Crippen LogP contribution in [0.2, 0.25) is 0 Å². The number of nitrogens with one attached hydrogen (secondary N) is 2. The minimum atomic E-state index is -0.182. The summed E-state index contributed by atoms with van der Waals surface area (Å²) in [4.78, 5) is 24.9. The molecule has 0 aliphatic carbocycles. The first-order chi connectivity index (χ1) is 9.58. The Balaban J connectivity index is 1.89. The summed E-state index contributed by atoms with van der Waals surface area (Å²) in [5, 5.41) is 14.9. The van der Waals surface area contributed by atoms with Gasteiger partial charge < -0.3 is 10.2 Å². The van der Waals surface area contributed by atoms with Gasteiger partial charge in [0.1, 0.15) is 5.01 Å². The first-order valence-corrected chi connectivity index (χ1v) is 7.55. The van der Waals surface area contributed by atoms with Crippen LogP contribution in [-0.2, 0) is 11.2 Å². The van der Waals surface area contributed by atoms with Crippen LogP contribution in [-0.4, -0.2) is 46.2 Å². The lowest BCUT2D eigenvalue weighted by atomic mass is 10.1. The van der Waals surface area contributed by atoms with E-state index >= 15 is 0 Å². The molecule has 0 saturated carbocycles. The average Bonchev–Trinajstić information content (AvgIpc) is 2.86. The molecule has 1 aliphatic rings. The normalized spacial score (nSPS) is 18.7. The lowest BCUT2D eigenvalue weighted by molar-refractivity contribution is -0.119. The molecule has 2 rings (SSSR count). The number of aryl methyl sites for hydroxylation is 1. The van der Waals surface area contributed by atoms with Crippen LogP contribution in [0.25, 0.3) is 0 Å². The molecular weight excluding hydrogens is 278 g/mol. The Hall–Kier alpha value is -1.70. The fourth-order valence-corrected chi connectivity index (χ4v) is 2.85. The van der Waals surface area contributed by atoms with Crippen LogP contribution >= 0.6 is 11.3 Å². The lowest BCUT2D eigenvalue weighted by Crippen LogP contribution is -2.50. The van der Waals surface area contributed by atoms with Gasteiger partial charge in [-0.2, -0.15) is 0 Å². The molecule has 20 heavy (non-hydrogen) atoms. The van der Waals surface area contributed by atoms with E-state index in [9.17, 15) is 9.59 Å². The predicted octanol–water partition coefficient (Wildman–Crippen LogP) is 1.23. The van der Waals surface area contributed by atoms with Gasteiger partial charge in [0, 0.05) is 26.1 Å². The molecule has 1 aromatic rings. The Bertz CT molecular complexity index is 490. The van der Waals surface area contributed by atoms with Crippen molar-refractivity contribution in [3.8, 4) is 0 Å². The van der Waals surface area contributed by atoms with E-state index < -0.39 is 0 Å². The number of anilines is 1. The Morgan fingerprint density at radius 1 is 1.45 bits per heavy atom. The number of rotatable bonds is 3. The number of aromatic nitrogens is 2. The third-order valence-electron chi connectivity index (χ3n) is 3.10. The van der Waals surface area contributed by atoms with E-state index in [-0.39, 0.29) is 18.0 Å². The van der Waals surface area contributed by atoms with Gasteiger partial charge in [0.2, 0.25) is 11.0 Å². The zero-order valence-corrected chi connectivity index (χ0v) is 12.5. The van der Waals surface area contributed by atoms with Crippen molar-refractivity contribution in [2.75, 3.05) is 18.4 Å². The van der Waals surface area contributed by atoms with E-state index in [0.717, 1.165) is 24.3 Å². The molecule has 2 N–H and O–H groups in total. The molecule has 2 heterocycles. The Morgan fingerprint density at radius 3 is 2.90 bits per heavy atom. The van der Waals surface area contributed by atoms with Crippen molar-refractivity contribution in [1.82, 2.24) is 20.4 Å². The summed E-state index contributed by atoms with van der Waals surface area (Å²) in [7, 11) is 0. The van der Waals surface area contributed by atoms with Crippen molar-refractivity contribution in [3.63, 3.8) is 0 Å². The molecule has 0 bridgehead atoms. The monoisotopic (exact) mass is 297 g/mol. The highest BCUT2D eigenvalue weighted by atomic mass is 32.1. The zero-order valence-electron chi connectivity index (χ0n) is 11.7. The molecule has 3 amide bonds. The van der Waals surface area contributed by atoms with Crippen molar-refractivity contribution in [2.24, 2.45) is 0 Å². The maximum Gasteiger partial charge on any atom is 0.323 e. The van der Waals surface area contributed by atoms with Crippen molar-refractivity contribution in [2.45, 2.75) is 39.2 Å². The van der Waals surface area contributed by atoms with Crippen LogP contribution in [0.1, 0.15) is 31.7 Å². The maximum absolute atomic E-state index is 12.1. The quantitative estimate of drug-likeness (QED) is 0.878. The molecule has 0 spiro atoms. The first kappa shape index (κ1) is 14.7. The number of nitrogens with zero attached hydrogens (tertiary/aromatic N) is 3. The van der Waals surface area contributed by atoms with E-state index in [1.165, 1.54) is 18.3 Å². The summed E-state index contributed by atoms with van der Waals surface area (Å²) in [5.74, 6) is -0.0611. The fourth-order valence-electron chi connectivity index (χ4n) is 2.18. The summed E-state index contributed by atoms with van der Waals surface area (Å²) in [6.45, 7) is 4.72. The molecule has 8 heteroatoms. The van der Waals surface area contributed by atoms with Gasteiger partial charge in [-0.15, -0.1) is 10.2 Å². The van der Waals surface area contributed by atoms with Crippen molar-refractivity contribution in [1.29, 1.82) is 0 Å². The fraction of sp³-hybridized carbons (Fsp3) is 0.667. The number of hydrogen-bond acceptors (Lipinski definition) is 5. The summed E-state index contributed by atoms with van der Waals surface area (Å²) in [6.07, 6.45) is 2.60. The van der Waals surface area contributed by atoms with Crippen molar-refractivity contribution in [3.05, 3.63) is 5.01 Å². The van der Waals surface area contributed by atoms with Crippen LogP contribution in [0.5, 0.6) is 0 Å². The van der Waals surface area contributed by atoms with Gasteiger partial charge in [-0.05, 0) is 19.3 Å². The lowest BCUT2D eigenvalue weighted by Gasteiger charge is -2.32. The standard InChI is InChI=1S/C12H19N5O2S/c1-3-10-15-16-11(20-10)14-12(19)17-6-4-5-9(7-17)13-8(2)18/h9H,3-7H2,1-2H3,(H,13,18)(H,14,16,19). The number of carbonyl (C=O) groups is 2. The van der Waals surface area contributed by atoms with E-state index in [1.54, 1.807) is 4.90 Å². The van der Waals surface area contributed by atoms with Crippen LogP contribution in [0.15, 0.2) is 0 Å². The number of amides is 3. The Kier molecular flexibility index (Phi) is 4.89. The molecule has 0 radical (unpaired) electrons. The molecule has 1 aromatic heterocycles. The minimum absolute atomic E-state index is 0.0348. The highest BCUT2D eigenvalue weighted by molar-refractivity contribution is 7.15. The van der Waals surface area contributed by atoms with Gasteiger partial charge in [-0.1, -0.05) is 18.3 Å². The highest BCUT2D eigenvalue weighted by Crippen LogP contribution is 2.17. The van der Waals surface area contributed by atoms with E-state index in [0.29, 0.717) is 18.2 Å². The zero-order chi connectivity index (χ0) is 14.5. The van der Waals surface area contributed by atoms with Crippen LogP contribution in [0.3, 0.4) is 0 Å². The summed E-state index contributed by atoms with van der Waals surface area (Å²) < 4.78 is 0. The Morgan fingerprint density at radius 2 is 2.25 bits per heavy atom. The SMILES string of the molecule is CCc1nnc(NC(=O)N2CCCC(NC(C)=O)C2)s1. The van der Waals surface area contributed by atoms with Gasteiger partial charge in [-0.3, -0.25) is 10.1 Å². The molecule has 7 nitrogen and oxygen atoms in total. The van der Waals surface area contributed by atoms with Crippen LogP contribution in [0.4, 0.5) is 9.93 Å². The van der Waals surface area contributed by atoms with Crippen molar-refractivity contribution >= 4 is 28.4 Å². The summed E-state index contributed by atoms with van der Waals surface area (Å²) in [5.41, 5.74) is 0. The van der Waals surface area contributed by atoms with Gasteiger partial charge in [0.25, 0.3) is 0 Å². The number of urea groups is 1. The number of carbonyl (C=O) groups excluding carboxylic acids is 2. The van der Waals surface area contributed by atoms with Gasteiger partial charge >= 0.3 is 6.03 Å². The second-order valence-corrected chi connectivity index (χ2v) is 5.83. The van der Waals surface area contributed by atoms with E-state index in [4.69, 9.17) is 0 Å². The van der Waals surface area contributed by atoms with Gasteiger partial charge in [0.15, 0.2) is 0 Å². The largest absolute Gasteiger partial charge is 0.352 e. The second kappa shape index (κ2) is 6.65. The number of hydrogen-bond donors (Lipinski definition) is 2. The van der Waals surface area contributed by atoms with Gasteiger partial charge in [-0.25, -0.2) is 4.79 Å². The number of piperidine rings is 1. The summed E-state index contributed by atoms with van der Waals surface area (Å²) >= 11 is 1.39. The predicted molar refractivity (Wildman–Crippen MR) is 76.7 cm³/mol. The Labute approximate surface area is 121 Å². The average molecular weight is 297 g/mol. The van der Waals surface area contributed by atoms with E-state index in [1.807, 2.05) is 6.92 Å². The molecule has 1 aliphatic heterocycles. The highest BCUT2D eigenvalue weighted by Gasteiger charge is 2.24. The minimum Gasteiger partial charge on any atom is -0.352 e. The maximum atomic E-state index is 12.1. The van der Waals surface area contributed by atoms with E-state index in [2.05, 4.69) is 20.8 Å². The first-order valence-electron chi connectivity index (χ1n) is 6.74. The number of likely N-dealkylation sites (tertiary alicyclic amines) is 1. The summed E-state index contributed by atoms with van der Waals surface area (Å²) in [6, 6.07) is -0.147. The topological polar surface area (TPSA) is 87.2 Å². The third kappa shape index (κ3) is 3.89. The molecule has 1 atom stereocenters. The molecule has 1 fully saturated rings. The molecule has 110 valence electrons. The van der Waals surface area contributed by atoms with Gasteiger partial charge in [0.05, 0.1) is 0 Å².